The van der Waals surface area contributed by atoms with E-state index in [2.05, 4.69) is 5.10 Å². The van der Waals surface area contributed by atoms with Gasteiger partial charge in [-0.05, 0) is 6.07 Å². The molecule has 0 amide bonds. The SMILES string of the molecule is FC(F)n1ccc(-c2ccccc2)n1. The number of hydrogen-bond acceptors (Lipinski definition) is 1. The van der Waals surface area contributed by atoms with Crippen LogP contribution in [-0.2, 0) is 0 Å². The molecule has 2 aromatic rings. The van der Waals surface area contributed by atoms with Gasteiger partial charge in [0.1, 0.15) is 0 Å². The van der Waals surface area contributed by atoms with Crippen LogP contribution in [0.2, 0.25) is 0 Å². The zero-order valence-corrected chi connectivity index (χ0v) is 7.27. The van der Waals surface area contributed by atoms with Gasteiger partial charge in [-0.3, -0.25) is 0 Å². The minimum Gasteiger partial charge on any atom is -0.211 e. The Labute approximate surface area is 79.8 Å². The van der Waals surface area contributed by atoms with Crippen LogP contribution in [0.15, 0.2) is 42.6 Å². The summed E-state index contributed by atoms with van der Waals surface area (Å²) in [6, 6.07) is 10.8. The molecule has 0 bridgehead atoms. The van der Waals surface area contributed by atoms with Gasteiger partial charge in [0, 0.05) is 11.8 Å². The molecule has 0 N–H and O–H groups in total. The van der Waals surface area contributed by atoms with E-state index in [4.69, 9.17) is 0 Å². The zero-order valence-electron chi connectivity index (χ0n) is 7.27. The second-order valence-corrected chi connectivity index (χ2v) is 2.82. The van der Waals surface area contributed by atoms with Crippen LogP contribution in [0.5, 0.6) is 0 Å². The zero-order chi connectivity index (χ0) is 9.97. The van der Waals surface area contributed by atoms with Crippen molar-refractivity contribution < 1.29 is 8.78 Å². The maximum absolute atomic E-state index is 12.2. The molecule has 0 radical (unpaired) electrons. The average Bonchev–Trinajstić information content (AvgIpc) is 2.68. The maximum atomic E-state index is 12.2. The van der Waals surface area contributed by atoms with Crippen molar-refractivity contribution in [1.82, 2.24) is 9.78 Å². The molecule has 72 valence electrons. The number of hydrogen-bond donors (Lipinski definition) is 0. The van der Waals surface area contributed by atoms with Gasteiger partial charge in [-0.25, -0.2) is 4.68 Å². The maximum Gasteiger partial charge on any atom is 0.333 e. The van der Waals surface area contributed by atoms with Crippen LogP contribution in [0, 0.1) is 0 Å². The van der Waals surface area contributed by atoms with Gasteiger partial charge in [-0.2, -0.15) is 13.9 Å². The molecule has 14 heavy (non-hydrogen) atoms. The molecular formula is C10H8F2N2. The molecule has 1 aromatic heterocycles. The summed E-state index contributed by atoms with van der Waals surface area (Å²) in [5, 5.41) is 3.75. The molecule has 1 aromatic carbocycles. The molecule has 0 saturated heterocycles. The summed E-state index contributed by atoms with van der Waals surface area (Å²) in [7, 11) is 0. The van der Waals surface area contributed by atoms with E-state index in [0.29, 0.717) is 10.4 Å². The minimum atomic E-state index is -2.58. The summed E-state index contributed by atoms with van der Waals surface area (Å²) in [4.78, 5) is 0. The fourth-order valence-electron chi connectivity index (χ4n) is 1.21. The van der Waals surface area contributed by atoms with Crippen molar-refractivity contribution in [3.05, 3.63) is 42.6 Å². The molecular weight excluding hydrogens is 186 g/mol. The lowest BCUT2D eigenvalue weighted by molar-refractivity contribution is 0.0568. The van der Waals surface area contributed by atoms with Crippen LogP contribution in [0.3, 0.4) is 0 Å². The number of aromatic nitrogens is 2. The largest absolute Gasteiger partial charge is 0.333 e. The molecule has 1 heterocycles. The third kappa shape index (κ3) is 1.64. The van der Waals surface area contributed by atoms with Crippen molar-refractivity contribution in [2.45, 2.75) is 6.55 Å². The molecule has 0 aliphatic heterocycles. The summed E-state index contributed by atoms with van der Waals surface area (Å²) in [5.41, 5.74) is 1.40. The monoisotopic (exact) mass is 194 g/mol. The second-order valence-electron chi connectivity index (χ2n) is 2.82. The predicted molar refractivity (Wildman–Crippen MR) is 48.9 cm³/mol. The summed E-state index contributed by atoms with van der Waals surface area (Å²) in [6.07, 6.45) is 1.27. The predicted octanol–water partition coefficient (Wildman–Crippen LogP) is 2.95. The Morgan fingerprint density at radius 2 is 1.79 bits per heavy atom. The van der Waals surface area contributed by atoms with Crippen molar-refractivity contribution in [1.29, 1.82) is 0 Å². The molecule has 4 heteroatoms. The van der Waals surface area contributed by atoms with Gasteiger partial charge in [0.05, 0.1) is 5.69 Å². The van der Waals surface area contributed by atoms with Gasteiger partial charge in [-0.15, -0.1) is 0 Å². The van der Waals surface area contributed by atoms with Gasteiger partial charge in [-0.1, -0.05) is 30.3 Å². The standard InChI is InChI=1S/C10H8F2N2/c11-10(12)14-7-6-9(13-14)8-4-2-1-3-5-8/h1-7,10H. The highest BCUT2D eigenvalue weighted by Crippen LogP contribution is 2.18. The van der Waals surface area contributed by atoms with Crippen molar-refractivity contribution in [3.8, 4) is 11.3 Å². The molecule has 0 atom stereocenters. The summed E-state index contributed by atoms with van der Waals surface area (Å²) in [5.74, 6) is 0. The van der Waals surface area contributed by atoms with Gasteiger partial charge in [0.25, 0.3) is 0 Å². The van der Waals surface area contributed by atoms with Crippen molar-refractivity contribution >= 4 is 0 Å². The van der Waals surface area contributed by atoms with Gasteiger partial charge >= 0.3 is 6.55 Å². The fourth-order valence-corrected chi connectivity index (χ4v) is 1.21. The smallest absolute Gasteiger partial charge is 0.211 e. The fraction of sp³-hybridized carbons (Fsp3) is 0.100. The van der Waals surface area contributed by atoms with E-state index in [9.17, 15) is 8.78 Å². The Morgan fingerprint density at radius 3 is 2.36 bits per heavy atom. The quantitative estimate of drug-likeness (QED) is 0.718. The molecule has 0 spiro atoms. The number of benzene rings is 1. The first kappa shape index (κ1) is 8.87. The lowest BCUT2D eigenvalue weighted by atomic mass is 10.2. The third-order valence-corrected chi connectivity index (χ3v) is 1.88. The molecule has 0 unspecified atom stereocenters. The molecule has 2 rings (SSSR count). The lowest BCUT2D eigenvalue weighted by Crippen LogP contribution is -1.97. The van der Waals surface area contributed by atoms with Crippen LogP contribution in [-0.4, -0.2) is 9.78 Å². The first-order valence-corrected chi connectivity index (χ1v) is 4.16. The molecule has 2 nitrogen and oxygen atoms in total. The van der Waals surface area contributed by atoms with E-state index in [1.54, 1.807) is 6.07 Å². The second kappa shape index (κ2) is 3.57. The summed E-state index contributed by atoms with van der Waals surface area (Å²) < 4.78 is 25.0. The highest BCUT2D eigenvalue weighted by Gasteiger charge is 2.07. The van der Waals surface area contributed by atoms with Gasteiger partial charge in [0.2, 0.25) is 0 Å². The molecule has 0 saturated carbocycles. The summed E-state index contributed by atoms with van der Waals surface area (Å²) >= 11 is 0. The van der Waals surface area contributed by atoms with Gasteiger partial charge in [0.15, 0.2) is 0 Å². The van der Waals surface area contributed by atoms with Gasteiger partial charge < -0.3 is 0 Å². The van der Waals surface area contributed by atoms with E-state index in [1.807, 2.05) is 30.3 Å². The number of rotatable bonds is 2. The van der Waals surface area contributed by atoms with E-state index < -0.39 is 6.55 Å². The van der Waals surface area contributed by atoms with Crippen LogP contribution in [0.25, 0.3) is 11.3 Å². The Balaban J connectivity index is 2.34. The number of halogens is 2. The minimum absolute atomic E-state index is 0.561. The normalized spacial score (nSPS) is 10.8. The van der Waals surface area contributed by atoms with Crippen molar-refractivity contribution in [2.75, 3.05) is 0 Å². The van der Waals surface area contributed by atoms with Crippen LogP contribution < -0.4 is 0 Å². The van der Waals surface area contributed by atoms with Crippen molar-refractivity contribution in [3.63, 3.8) is 0 Å². The Kier molecular flexibility index (Phi) is 2.26. The highest BCUT2D eigenvalue weighted by atomic mass is 19.3. The number of alkyl halides is 2. The highest BCUT2D eigenvalue weighted by molar-refractivity contribution is 5.57. The Morgan fingerprint density at radius 1 is 1.07 bits per heavy atom. The molecule has 0 fully saturated rings. The van der Waals surface area contributed by atoms with E-state index in [0.717, 1.165) is 5.56 Å². The molecule has 0 aliphatic carbocycles. The first-order chi connectivity index (χ1) is 6.77. The Bertz CT molecular complexity index is 409. The van der Waals surface area contributed by atoms with Crippen LogP contribution in [0.4, 0.5) is 8.78 Å². The van der Waals surface area contributed by atoms with Crippen molar-refractivity contribution in [2.24, 2.45) is 0 Å². The van der Waals surface area contributed by atoms with E-state index in [-0.39, 0.29) is 0 Å². The Hall–Kier alpha value is -1.71. The van der Waals surface area contributed by atoms with Crippen LogP contribution >= 0.6 is 0 Å². The topological polar surface area (TPSA) is 17.8 Å². The lowest BCUT2D eigenvalue weighted by Gasteiger charge is -1.97. The van der Waals surface area contributed by atoms with E-state index in [1.165, 1.54) is 6.20 Å². The third-order valence-electron chi connectivity index (χ3n) is 1.88. The summed E-state index contributed by atoms with van der Waals surface area (Å²) in [6.45, 7) is -2.58. The van der Waals surface area contributed by atoms with E-state index >= 15 is 0 Å². The first-order valence-electron chi connectivity index (χ1n) is 4.16. The van der Waals surface area contributed by atoms with Crippen LogP contribution in [0.1, 0.15) is 6.55 Å². The number of nitrogens with zero attached hydrogens (tertiary/aromatic N) is 2. The average molecular weight is 194 g/mol. The molecule has 0 aliphatic rings.